The minimum atomic E-state index is 0. The highest BCUT2D eigenvalue weighted by molar-refractivity contribution is 7.81. The van der Waals surface area contributed by atoms with Crippen LogP contribution in [0, 0.1) is 0 Å². The molecule has 2 rings (SSSR count). The van der Waals surface area contributed by atoms with E-state index in [0.29, 0.717) is 11.4 Å². The SMILES string of the molecule is Cl.Cl.Nc1ccc(C(=S)c2ccccc2)cc1N. The Balaban J connectivity index is 0.00000144. The van der Waals surface area contributed by atoms with Gasteiger partial charge in [-0.1, -0.05) is 48.6 Å². The van der Waals surface area contributed by atoms with Gasteiger partial charge < -0.3 is 11.5 Å². The van der Waals surface area contributed by atoms with Gasteiger partial charge in [-0.2, -0.15) is 0 Å². The van der Waals surface area contributed by atoms with Crippen molar-refractivity contribution in [1.82, 2.24) is 0 Å². The summed E-state index contributed by atoms with van der Waals surface area (Å²) in [5, 5.41) is 0. The molecule has 0 atom stereocenters. The molecule has 0 aliphatic heterocycles. The van der Waals surface area contributed by atoms with Crippen LogP contribution >= 0.6 is 37.0 Å². The van der Waals surface area contributed by atoms with Gasteiger partial charge in [0.2, 0.25) is 0 Å². The molecule has 0 saturated heterocycles. The maximum absolute atomic E-state index is 5.75. The van der Waals surface area contributed by atoms with Crippen molar-refractivity contribution in [3.8, 4) is 0 Å². The maximum Gasteiger partial charge on any atom is 0.0554 e. The third-order valence-corrected chi connectivity index (χ3v) is 2.86. The number of anilines is 2. The Labute approximate surface area is 124 Å². The minimum Gasteiger partial charge on any atom is -0.397 e. The Morgan fingerprint density at radius 3 is 1.94 bits per heavy atom. The van der Waals surface area contributed by atoms with Crippen LogP contribution in [0.3, 0.4) is 0 Å². The Hall–Kier alpha value is -1.29. The van der Waals surface area contributed by atoms with Crippen LogP contribution in [0.5, 0.6) is 0 Å². The van der Waals surface area contributed by atoms with Crippen LogP contribution in [-0.2, 0) is 0 Å². The van der Waals surface area contributed by atoms with Gasteiger partial charge in [0.05, 0.1) is 16.2 Å². The molecule has 0 amide bonds. The molecule has 0 heterocycles. The molecule has 0 aromatic heterocycles. The van der Waals surface area contributed by atoms with Crippen LogP contribution < -0.4 is 11.5 Å². The molecular formula is C13H14Cl2N2S. The van der Waals surface area contributed by atoms with E-state index in [1.165, 1.54) is 0 Å². The maximum atomic E-state index is 5.75. The third kappa shape index (κ3) is 3.60. The van der Waals surface area contributed by atoms with Crippen molar-refractivity contribution in [1.29, 1.82) is 0 Å². The standard InChI is InChI=1S/C13H12N2S.2ClH/c14-11-7-6-10(8-12(11)15)13(16)9-4-2-1-3-5-9;;/h1-8H,14-15H2;2*1H. The molecule has 0 radical (unpaired) electrons. The van der Waals surface area contributed by atoms with Crippen LogP contribution in [0.25, 0.3) is 0 Å². The van der Waals surface area contributed by atoms with Gasteiger partial charge in [-0.05, 0) is 23.3 Å². The molecule has 4 N–H and O–H groups in total. The third-order valence-electron chi connectivity index (χ3n) is 2.38. The minimum absolute atomic E-state index is 0. The van der Waals surface area contributed by atoms with E-state index in [1.807, 2.05) is 42.5 Å². The first-order valence-corrected chi connectivity index (χ1v) is 5.34. The van der Waals surface area contributed by atoms with Gasteiger partial charge in [-0.15, -0.1) is 24.8 Å². The highest BCUT2D eigenvalue weighted by Crippen LogP contribution is 2.19. The van der Waals surface area contributed by atoms with Crippen molar-refractivity contribution >= 4 is 53.3 Å². The van der Waals surface area contributed by atoms with E-state index in [2.05, 4.69) is 0 Å². The fourth-order valence-electron chi connectivity index (χ4n) is 1.47. The van der Waals surface area contributed by atoms with Gasteiger partial charge in [-0.3, -0.25) is 0 Å². The molecule has 0 aliphatic carbocycles. The van der Waals surface area contributed by atoms with Gasteiger partial charge in [0.25, 0.3) is 0 Å². The van der Waals surface area contributed by atoms with Gasteiger partial charge in [0, 0.05) is 0 Å². The lowest BCUT2D eigenvalue weighted by Gasteiger charge is -2.06. The van der Waals surface area contributed by atoms with Crippen LogP contribution in [0.15, 0.2) is 48.5 Å². The molecule has 0 bridgehead atoms. The van der Waals surface area contributed by atoms with Crippen LogP contribution in [-0.4, -0.2) is 4.86 Å². The predicted octanol–water partition coefficient (Wildman–Crippen LogP) is 3.46. The van der Waals surface area contributed by atoms with Crippen molar-refractivity contribution in [3.05, 3.63) is 59.7 Å². The highest BCUT2D eigenvalue weighted by Gasteiger charge is 2.05. The molecule has 0 aliphatic rings. The molecular weight excluding hydrogens is 287 g/mol. The number of rotatable bonds is 2. The zero-order valence-corrected chi connectivity index (χ0v) is 11.9. The van der Waals surface area contributed by atoms with Crippen molar-refractivity contribution in [2.75, 3.05) is 11.5 Å². The number of benzene rings is 2. The molecule has 0 spiro atoms. The number of thiocarbonyl (C=S) groups is 1. The summed E-state index contributed by atoms with van der Waals surface area (Å²) < 4.78 is 0. The Morgan fingerprint density at radius 1 is 0.778 bits per heavy atom. The molecule has 2 aromatic carbocycles. The fraction of sp³-hybridized carbons (Fsp3) is 0. The molecule has 2 nitrogen and oxygen atoms in total. The lowest BCUT2D eigenvalue weighted by Crippen LogP contribution is -2.02. The second-order valence-corrected chi connectivity index (χ2v) is 3.95. The quantitative estimate of drug-likeness (QED) is 0.507. The topological polar surface area (TPSA) is 52.0 Å². The second-order valence-electron chi connectivity index (χ2n) is 3.54. The number of hydrogen-bond donors (Lipinski definition) is 2. The normalized spacial score (nSPS) is 8.89. The van der Waals surface area contributed by atoms with Crippen molar-refractivity contribution in [2.45, 2.75) is 0 Å². The monoisotopic (exact) mass is 300 g/mol. The van der Waals surface area contributed by atoms with Gasteiger partial charge >= 0.3 is 0 Å². The van der Waals surface area contributed by atoms with Crippen LogP contribution in [0.1, 0.15) is 11.1 Å². The summed E-state index contributed by atoms with van der Waals surface area (Å²) in [6.45, 7) is 0. The average Bonchev–Trinajstić information content (AvgIpc) is 2.33. The van der Waals surface area contributed by atoms with E-state index in [0.717, 1.165) is 16.0 Å². The summed E-state index contributed by atoms with van der Waals surface area (Å²) in [6.07, 6.45) is 0. The molecule has 5 heteroatoms. The van der Waals surface area contributed by atoms with Crippen molar-refractivity contribution in [2.24, 2.45) is 0 Å². The summed E-state index contributed by atoms with van der Waals surface area (Å²) in [5.74, 6) is 0. The molecule has 18 heavy (non-hydrogen) atoms. The van der Waals surface area contributed by atoms with E-state index in [4.69, 9.17) is 23.7 Å². The zero-order chi connectivity index (χ0) is 11.5. The van der Waals surface area contributed by atoms with Gasteiger partial charge in [0.1, 0.15) is 0 Å². The van der Waals surface area contributed by atoms with Gasteiger partial charge in [0.15, 0.2) is 0 Å². The first kappa shape index (κ1) is 16.7. The first-order valence-electron chi connectivity index (χ1n) is 4.93. The predicted molar refractivity (Wildman–Crippen MR) is 87.0 cm³/mol. The Morgan fingerprint density at radius 2 is 1.39 bits per heavy atom. The molecule has 96 valence electrons. The Bertz CT molecular complexity index is 530. The van der Waals surface area contributed by atoms with Crippen molar-refractivity contribution < 1.29 is 0 Å². The number of nitrogen functional groups attached to an aromatic ring is 2. The van der Waals surface area contributed by atoms with E-state index in [-0.39, 0.29) is 24.8 Å². The van der Waals surface area contributed by atoms with E-state index in [1.54, 1.807) is 6.07 Å². The number of halogens is 2. The van der Waals surface area contributed by atoms with Crippen molar-refractivity contribution in [3.63, 3.8) is 0 Å². The fourth-order valence-corrected chi connectivity index (χ4v) is 1.74. The summed E-state index contributed by atoms with van der Waals surface area (Å²) >= 11 is 5.39. The second kappa shape index (κ2) is 7.21. The first-order chi connectivity index (χ1) is 7.68. The lowest BCUT2D eigenvalue weighted by molar-refractivity contribution is 1.61. The van der Waals surface area contributed by atoms with E-state index in [9.17, 15) is 0 Å². The molecule has 0 unspecified atom stereocenters. The molecule has 0 saturated carbocycles. The summed E-state index contributed by atoms with van der Waals surface area (Å²) in [7, 11) is 0. The largest absolute Gasteiger partial charge is 0.397 e. The highest BCUT2D eigenvalue weighted by atomic mass is 35.5. The summed E-state index contributed by atoms with van der Waals surface area (Å²) in [6, 6.07) is 15.3. The summed E-state index contributed by atoms with van der Waals surface area (Å²) in [5.41, 5.74) is 14.5. The zero-order valence-electron chi connectivity index (χ0n) is 9.50. The smallest absolute Gasteiger partial charge is 0.0554 e. The average molecular weight is 301 g/mol. The molecule has 0 fully saturated rings. The van der Waals surface area contributed by atoms with Gasteiger partial charge in [-0.25, -0.2) is 0 Å². The van der Waals surface area contributed by atoms with Crippen LogP contribution in [0.2, 0.25) is 0 Å². The number of hydrogen-bond acceptors (Lipinski definition) is 3. The number of nitrogens with two attached hydrogens (primary N) is 2. The summed E-state index contributed by atoms with van der Waals surface area (Å²) in [4.78, 5) is 0.785. The molecule has 2 aromatic rings. The lowest BCUT2D eigenvalue weighted by atomic mass is 10.0. The Kier molecular flexibility index (Phi) is 6.70. The van der Waals surface area contributed by atoms with Crippen LogP contribution in [0.4, 0.5) is 11.4 Å². The van der Waals surface area contributed by atoms with E-state index >= 15 is 0 Å². The van der Waals surface area contributed by atoms with E-state index < -0.39 is 0 Å².